The number of aliphatic hydroxyl groups is 1. The van der Waals surface area contributed by atoms with Crippen LogP contribution in [-0.4, -0.2) is 15.8 Å². The maximum atomic E-state index is 12.8. The monoisotopic (exact) mass is 416 g/mol. The number of pyridine rings is 1. The van der Waals surface area contributed by atoms with Crippen molar-refractivity contribution >= 4 is 23.4 Å². The summed E-state index contributed by atoms with van der Waals surface area (Å²) in [5, 5.41) is 19.9. The van der Waals surface area contributed by atoms with Gasteiger partial charge in [-0.3, -0.25) is 10.4 Å². The third kappa shape index (κ3) is 5.10. The lowest BCUT2D eigenvalue weighted by atomic mass is 9.92. The highest BCUT2D eigenvalue weighted by Gasteiger charge is 2.30. The molecule has 0 spiro atoms. The first kappa shape index (κ1) is 20.8. The normalized spacial score (nSPS) is 13.2. The average Bonchev–Trinajstić information content (AvgIpc) is 2.72. The first-order valence-electron chi connectivity index (χ1n) is 8.57. The molecule has 0 bridgehead atoms. The molecule has 0 fully saturated rings. The highest BCUT2D eigenvalue weighted by atomic mass is 35.5. The number of hydrogen-bond donors (Lipinski definition) is 2. The van der Waals surface area contributed by atoms with Crippen molar-refractivity contribution in [3.8, 4) is 0 Å². The SMILES string of the molecule is N=C(C(=Cc1ccc(Cl)cc1)C(O)c1cccnc1)c1ccc(C(F)(F)F)cc1. The Morgan fingerprint density at radius 3 is 2.24 bits per heavy atom. The van der Waals surface area contributed by atoms with Crippen molar-refractivity contribution in [3.05, 3.63) is 106 Å². The van der Waals surface area contributed by atoms with Crippen LogP contribution in [0.1, 0.15) is 28.4 Å². The van der Waals surface area contributed by atoms with Crippen LogP contribution in [0.3, 0.4) is 0 Å². The Morgan fingerprint density at radius 2 is 1.69 bits per heavy atom. The summed E-state index contributed by atoms with van der Waals surface area (Å²) in [6.45, 7) is 0. The Hall–Kier alpha value is -2.96. The first-order chi connectivity index (χ1) is 13.8. The molecular weight excluding hydrogens is 401 g/mol. The molecule has 2 N–H and O–H groups in total. The molecule has 0 amide bonds. The van der Waals surface area contributed by atoms with Crippen LogP contribution in [0.25, 0.3) is 6.08 Å². The van der Waals surface area contributed by atoms with Gasteiger partial charge in [0.15, 0.2) is 0 Å². The summed E-state index contributed by atoms with van der Waals surface area (Å²) in [5.41, 5.74) is 0.727. The molecule has 3 aromatic rings. The topological polar surface area (TPSA) is 57.0 Å². The Labute approximate surface area is 170 Å². The van der Waals surface area contributed by atoms with Crippen LogP contribution in [0.5, 0.6) is 0 Å². The zero-order valence-corrected chi connectivity index (χ0v) is 15.7. The van der Waals surface area contributed by atoms with E-state index in [4.69, 9.17) is 17.0 Å². The number of nitrogens with one attached hydrogen (secondary N) is 1. The van der Waals surface area contributed by atoms with Crippen molar-refractivity contribution in [3.63, 3.8) is 0 Å². The molecule has 0 aliphatic carbocycles. The van der Waals surface area contributed by atoms with Gasteiger partial charge in [-0.2, -0.15) is 13.2 Å². The number of rotatable bonds is 5. The van der Waals surface area contributed by atoms with Gasteiger partial charge in [0.25, 0.3) is 0 Å². The standard InChI is InChI=1S/C22H16ClF3N2O/c23-18-9-3-14(4-10-18)12-19(21(29)16-2-1-11-28-13-16)20(27)15-5-7-17(8-6-15)22(24,25)26/h1-13,21,27,29H. The maximum absolute atomic E-state index is 12.8. The van der Waals surface area contributed by atoms with E-state index in [0.717, 1.165) is 12.1 Å². The molecule has 0 radical (unpaired) electrons. The largest absolute Gasteiger partial charge is 0.416 e. The van der Waals surface area contributed by atoms with Crippen LogP contribution < -0.4 is 0 Å². The van der Waals surface area contributed by atoms with E-state index in [1.807, 2.05) is 0 Å². The molecule has 1 aromatic heterocycles. The van der Waals surface area contributed by atoms with Crippen LogP contribution in [0, 0.1) is 5.41 Å². The second-order valence-corrected chi connectivity index (χ2v) is 6.73. The lowest BCUT2D eigenvalue weighted by Gasteiger charge is -2.17. The predicted molar refractivity (Wildman–Crippen MR) is 107 cm³/mol. The summed E-state index contributed by atoms with van der Waals surface area (Å²) in [6, 6.07) is 14.4. The molecule has 1 heterocycles. The Morgan fingerprint density at radius 1 is 1.03 bits per heavy atom. The minimum absolute atomic E-state index is 0.0926. The van der Waals surface area contributed by atoms with Gasteiger partial charge in [-0.15, -0.1) is 0 Å². The van der Waals surface area contributed by atoms with Crippen molar-refractivity contribution in [2.45, 2.75) is 12.3 Å². The zero-order chi connectivity index (χ0) is 21.0. The van der Waals surface area contributed by atoms with E-state index in [1.165, 1.54) is 18.3 Å². The number of aromatic nitrogens is 1. The minimum atomic E-state index is -4.46. The number of benzene rings is 2. The van der Waals surface area contributed by atoms with Gasteiger partial charge in [-0.05, 0) is 47.5 Å². The van der Waals surface area contributed by atoms with Gasteiger partial charge in [0.2, 0.25) is 0 Å². The molecule has 148 valence electrons. The molecule has 1 unspecified atom stereocenters. The van der Waals surface area contributed by atoms with Crippen molar-refractivity contribution in [1.82, 2.24) is 4.98 Å². The second-order valence-electron chi connectivity index (χ2n) is 6.29. The summed E-state index contributed by atoms with van der Waals surface area (Å²) in [6.07, 6.45) is -1.01. The third-order valence-electron chi connectivity index (χ3n) is 4.28. The maximum Gasteiger partial charge on any atom is 0.416 e. The fraction of sp³-hybridized carbons (Fsp3) is 0.0909. The van der Waals surface area contributed by atoms with Crippen molar-refractivity contribution in [1.29, 1.82) is 5.41 Å². The van der Waals surface area contributed by atoms with Crippen molar-refractivity contribution in [2.75, 3.05) is 0 Å². The Balaban J connectivity index is 2.02. The Kier molecular flexibility index (Phi) is 6.15. The van der Waals surface area contributed by atoms with Gasteiger partial charge in [-0.25, -0.2) is 0 Å². The average molecular weight is 417 g/mol. The summed E-state index contributed by atoms with van der Waals surface area (Å²) >= 11 is 5.90. The fourth-order valence-electron chi connectivity index (χ4n) is 2.74. The van der Waals surface area contributed by atoms with Crippen LogP contribution in [0.15, 0.2) is 78.6 Å². The molecule has 7 heteroatoms. The van der Waals surface area contributed by atoms with E-state index < -0.39 is 17.8 Å². The number of hydrogen-bond acceptors (Lipinski definition) is 3. The summed E-state index contributed by atoms with van der Waals surface area (Å²) in [4.78, 5) is 3.98. The van der Waals surface area contributed by atoms with Crippen LogP contribution in [0.4, 0.5) is 13.2 Å². The van der Waals surface area contributed by atoms with Gasteiger partial charge in [0.05, 0.1) is 11.3 Å². The van der Waals surface area contributed by atoms with E-state index in [9.17, 15) is 18.3 Å². The van der Waals surface area contributed by atoms with E-state index >= 15 is 0 Å². The quantitative estimate of drug-likeness (QED) is 0.506. The van der Waals surface area contributed by atoms with E-state index in [2.05, 4.69) is 4.98 Å². The molecule has 29 heavy (non-hydrogen) atoms. The highest BCUT2D eigenvalue weighted by Crippen LogP contribution is 2.31. The van der Waals surface area contributed by atoms with Gasteiger partial charge in [0.1, 0.15) is 6.10 Å². The van der Waals surface area contributed by atoms with E-state index in [1.54, 1.807) is 48.7 Å². The molecule has 2 aromatic carbocycles. The number of halogens is 4. The summed E-state index contributed by atoms with van der Waals surface area (Å²) in [7, 11) is 0. The highest BCUT2D eigenvalue weighted by molar-refractivity contribution is 6.30. The Bertz CT molecular complexity index is 1010. The van der Waals surface area contributed by atoms with E-state index in [0.29, 0.717) is 16.1 Å². The van der Waals surface area contributed by atoms with Crippen LogP contribution >= 0.6 is 11.6 Å². The fourth-order valence-corrected chi connectivity index (χ4v) is 2.86. The van der Waals surface area contributed by atoms with Crippen LogP contribution in [-0.2, 0) is 6.18 Å². The second kappa shape index (κ2) is 8.59. The van der Waals surface area contributed by atoms with Gasteiger partial charge < -0.3 is 5.11 Å². The lowest BCUT2D eigenvalue weighted by molar-refractivity contribution is -0.137. The molecule has 0 aliphatic rings. The number of aliphatic hydroxyl groups excluding tert-OH is 1. The molecule has 1 atom stereocenters. The van der Waals surface area contributed by atoms with Gasteiger partial charge in [0, 0.05) is 28.6 Å². The number of alkyl halides is 3. The molecule has 0 saturated carbocycles. The smallest absolute Gasteiger partial charge is 0.384 e. The minimum Gasteiger partial charge on any atom is -0.384 e. The molecular formula is C22H16ClF3N2O. The molecule has 0 saturated heterocycles. The molecule has 0 aliphatic heterocycles. The third-order valence-corrected chi connectivity index (χ3v) is 4.53. The first-order valence-corrected chi connectivity index (χ1v) is 8.95. The summed E-state index contributed by atoms with van der Waals surface area (Å²) in [5.74, 6) is 0. The van der Waals surface area contributed by atoms with E-state index in [-0.39, 0.29) is 16.8 Å². The molecule has 3 nitrogen and oxygen atoms in total. The van der Waals surface area contributed by atoms with Crippen molar-refractivity contribution < 1.29 is 18.3 Å². The lowest BCUT2D eigenvalue weighted by Crippen LogP contribution is -2.13. The molecule has 3 rings (SSSR count). The predicted octanol–water partition coefficient (Wildman–Crippen LogP) is 5.94. The van der Waals surface area contributed by atoms with Gasteiger partial charge >= 0.3 is 6.18 Å². The van der Waals surface area contributed by atoms with Crippen LogP contribution in [0.2, 0.25) is 5.02 Å². The number of nitrogens with zero attached hydrogens (tertiary/aromatic N) is 1. The van der Waals surface area contributed by atoms with Crippen molar-refractivity contribution in [2.24, 2.45) is 0 Å². The van der Waals surface area contributed by atoms with Gasteiger partial charge in [-0.1, -0.05) is 41.9 Å². The zero-order valence-electron chi connectivity index (χ0n) is 15.0. The summed E-state index contributed by atoms with van der Waals surface area (Å²) < 4.78 is 38.5.